The minimum Gasteiger partial charge on any atom is -0.325 e. The molecule has 2 aliphatic heterocycles. The first-order valence-electron chi connectivity index (χ1n) is 11.2. The van der Waals surface area contributed by atoms with Crippen molar-refractivity contribution >= 4 is 61.9 Å². The van der Waals surface area contributed by atoms with E-state index in [0.29, 0.717) is 46.6 Å². The molecule has 11 heteroatoms. The molecule has 9 nitrogen and oxygen atoms in total. The molecule has 0 bridgehead atoms. The first kappa shape index (κ1) is 24.5. The van der Waals surface area contributed by atoms with Crippen LogP contribution in [0.5, 0.6) is 0 Å². The smallest absolute Gasteiger partial charge is 0.325 e. The lowest BCUT2D eigenvalue weighted by Crippen LogP contribution is -2.28. The van der Waals surface area contributed by atoms with Gasteiger partial charge >= 0.3 is 6.03 Å². The maximum atomic E-state index is 13.4. The highest BCUT2D eigenvalue weighted by Crippen LogP contribution is 2.41. The van der Waals surface area contributed by atoms with E-state index in [2.05, 4.69) is 15.3 Å². The van der Waals surface area contributed by atoms with Crippen LogP contribution in [0.15, 0.2) is 81.6 Å². The summed E-state index contributed by atoms with van der Waals surface area (Å²) in [5, 5.41) is 2.21. The molecule has 0 aliphatic carbocycles. The van der Waals surface area contributed by atoms with Crippen LogP contribution < -0.4 is 10.2 Å². The molecule has 37 heavy (non-hydrogen) atoms. The van der Waals surface area contributed by atoms with E-state index in [9.17, 15) is 22.8 Å². The third kappa shape index (κ3) is 4.56. The molecular formula is C26H19ClN4O5S. The van der Waals surface area contributed by atoms with Crippen LogP contribution in [0.2, 0.25) is 0 Å². The number of fused-ring (bicyclic) bond motifs is 1. The number of carbonyl (C=O) groups excluding carboxylic acids is 3. The van der Waals surface area contributed by atoms with Gasteiger partial charge in [-0.25, -0.2) is 13.2 Å². The first-order valence-corrected chi connectivity index (χ1v) is 13.2. The van der Waals surface area contributed by atoms with Gasteiger partial charge in [-0.15, -0.1) is 11.6 Å². The largest absolute Gasteiger partial charge is 0.368 e. The Bertz CT molecular complexity index is 1600. The molecule has 2 aliphatic rings. The molecule has 0 saturated heterocycles. The average Bonchev–Trinajstić information content (AvgIpc) is 3.55. The molecule has 3 aromatic rings. The highest BCUT2D eigenvalue weighted by molar-refractivity contribution is 8.08. The molecule has 2 heterocycles. The number of rotatable bonds is 5. The number of halogens is 1. The molecule has 3 aromatic carbocycles. The van der Waals surface area contributed by atoms with Crippen molar-refractivity contribution in [2.24, 2.45) is 9.98 Å². The highest BCUT2D eigenvalue weighted by atomic mass is 35.5. The quantitative estimate of drug-likeness (QED) is 0.493. The third-order valence-corrected chi connectivity index (χ3v) is 7.94. The van der Waals surface area contributed by atoms with Crippen molar-refractivity contribution in [2.75, 3.05) is 22.6 Å². The summed E-state index contributed by atoms with van der Waals surface area (Å²) >= 11 is 5.52. The number of hydrogen-bond donors (Lipinski definition) is 1. The highest BCUT2D eigenvalue weighted by Gasteiger charge is 2.34. The van der Waals surface area contributed by atoms with Crippen LogP contribution >= 0.6 is 11.6 Å². The van der Waals surface area contributed by atoms with Gasteiger partial charge in [-0.2, -0.15) is 9.98 Å². The first-order chi connectivity index (χ1) is 17.8. The Labute approximate surface area is 217 Å². The van der Waals surface area contributed by atoms with E-state index in [-0.39, 0.29) is 22.6 Å². The van der Waals surface area contributed by atoms with E-state index >= 15 is 0 Å². The third-order valence-electron chi connectivity index (χ3n) is 6.03. The van der Waals surface area contributed by atoms with E-state index in [1.54, 1.807) is 59.5 Å². The van der Waals surface area contributed by atoms with Gasteiger partial charge in [0.15, 0.2) is 5.04 Å². The fourth-order valence-electron chi connectivity index (χ4n) is 4.37. The molecule has 0 aromatic heterocycles. The van der Waals surface area contributed by atoms with Crippen LogP contribution in [-0.2, 0) is 21.1 Å². The van der Waals surface area contributed by atoms with E-state index in [4.69, 9.17) is 11.6 Å². The van der Waals surface area contributed by atoms with Crippen LogP contribution in [0.3, 0.4) is 0 Å². The van der Waals surface area contributed by atoms with Crippen LogP contribution in [-0.4, -0.2) is 49.9 Å². The molecule has 0 unspecified atom stereocenters. The molecule has 0 spiro atoms. The van der Waals surface area contributed by atoms with Crippen molar-refractivity contribution in [1.82, 2.24) is 0 Å². The Morgan fingerprint density at radius 2 is 1.73 bits per heavy atom. The zero-order valence-electron chi connectivity index (χ0n) is 19.2. The number of aliphatic imine (C=N–C) groups is 2. The summed E-state index contributed by atoms with van der Waals surface area (Å²) in [6.07, 6.45) is 1.38. The Hall–Kier alpha value is -4.15. The lowest BCUT2D eigenvalue weighted by Gasteiger charge is -2.20. The second kappa shape index (κ2) is 9.72. The number of amides is 4. The zero-order valence-corrected chi connectivity index (χ0v) is 20.8. The van der Waals surface area contributed by atoms with Gasteiger partial charge in [0.1, 0.15) is 5.88 Å². The molecule has 4 amide bonds. The maximum absolute atomic E-state index is 13.4. The van der Waals surface area contributed by atoms with Crippen LogP contribution in [0.4, 0.5) is 16.2 Å². The molecular weight excluding hydrogens is 516 g/mol. The fraction of sp³-hybridized carbons (Fsp3) is 0.115. The number of hydrogen-bond acceptors (Lipinski definition) is 5. The molecule has 0 radical (unpaired) electrons. The molecule has 5 rings (SSSR count). The summed E-state index contributed by atoms with van der Waals surface area (Å²) in [5.74, 6) is -0.794. The SMILES string of the molecule is O=C1N=CC(S(=O)(=O)c2ccc3c(c2-c2ccccc2)CCN3C(=O)c2ccc(NC(=O)CCl)cc2)=N1. The Kier molecular flexibility index (Phi) is 6.45. The maximum Gasteiger partial charge on any atom is 0.368 e. The summed E-state index contributed by atoms with van der Waals surface area (Å²) in [6, 6.07) is 17.6. The Morgan fingerprint density at radius 1 is 1.00 bits per heavy atom. The van der Waals surface area contributed by atoms with Gasteiger partial charge in [0.25, 0.3) is 5.91 Å². The van der Waals surface area contributed by atoms with Crippen LogP contribution in [0, 0.1) is 0 Å². The van der Waals surface area contributed by atoms with Gasteiger partial charge in [0.2, 0.25) is 15.7 Å². The summed E-state index contributed by atoms with van der Waals surface area (Å²) in [4.78, 5) is 45.0. The fourth-order valence-corrected chi connectivity index (χ4v) is 5.81. The Morgan fingerprint density at radius 3 is 2.38 bits per heavy atom. The van der Waals surface area contributed by atoms with Gasteiger partial charge in [-0.3, -0.25) is 9.59 Å². The minimum absolute atomic E-state index is 0.00830. The average molecular weight is 535 g/mol. The van der Waals surface area contributed by atoms with Crippen molar-refractivity contribution < 1.29 is 22.8 Å². The minimum atomic E-state index is -4.15. The Balaban J connectivity index is 1.56. The monoisotopic (exact) mass is 534 g/mol. The van der Waals surface area contributed by atoms with Gasteiger partial charge in [-0.05, 0) is 53.9 Å². The van der Waals surface area contributed by atoms with Gasteiger partial charge in [0.05, 0.1) is 11.1 Å². The van der Waals surface area contributed by atoms with Gasteiger partial charge in [-0.1, -0.05) is 30.3 Å². The van der Waals surface area contributed by atoms with E-state index in [0.717, 1.165) is 6.21 Å². The molecule has 0 fully saturated rings. The number of anilines is 2. The van der Waals surface area contributed by atoms with Crippen molar-refractivity contribution in [2.45, 2.75) is 11.3 Å². The number of benzene rings is 3. The van der Waals surface area contributed by atoms with Crippen molar-refractivity contribution in [3.63, 3.8) is 0 Å². The van der Waals surface area contributed by atoms with Gasteiger partial charge in [0, 0.05) is 29.0 Å². The summed E-state index contributed by atoms with van der Waals surface area (Å²) in [6.45, 7) is 0.350. The van der Waals surface area contributed by atoms with E-state index < -0.39 is 20.9 Å². The number of urea groups is 1. The van der Waals surface area contributed by atoms with Crippen molar-refractivity contribution in [3.8, 4) is 11.1 Å². The number of sulfone groups is 1. The van der Waals surface area contributed by atoms with E-state index in [1.165, 1.54) is 6.07 Å². The molecule has 1 N–H and O–H groups in total. The van der Waals surface area contributed by atoms with Crippen LogP contribution in [0.1, 0.15) is 15.9 Å². The second-order valence-electron chi connectivity index (χ2n) is 8.26. The lowest BCUT2D eigenvalue weighted by molar-refractivity contribution is -0.113. The zero-order chi connectivity index (χ0) is 26.2. The number of nitrogens with zero attached hydrogens (tertiary/aromatic N) is 3. The predicted molar refractivity (Wildman–Crippen MR) is 142 cm³/mol. The predicted octanol–water partition coefficient (Wildman–Crippen LogP) is 4.11. The number of nitrogens with one attached hydrogen (secondary N) is 1. The topological polar surface area (TPSA) is 125 Å². The molecule has 0 saturated carbocycles. The molecule has 0 atom stereocenters. The molecule has 186 valence electrons. The lowest BCUT2D eigenvalue weighted by atomic mass is 9.97. The number of carbonyl (C=O) groups is 3. The number of alkyl halides is 1. The van der Waals surface area contributed by atoms with E-state index in [1.807, 2.05) is 6.07 Å². The summed E-state index contributed by atoms with van der Waals surface area (Å²) in [5.41, 5.74) is 3.34. The normalized spacial score (nSPS) is 14.5. The van der Waals surface area contributed by atoms with Crippen molar-refractivity contribution in [3.05, 3.63) is 77.9 Å². The second-order valence-corrected chi connectivity index (χ2v) is 10.4. The standard InChI is InChI=1S/C26H19ClN4O5S/c27-14-22(32)29-18-8-6-17(7-9-18)25(33)31-13-12-19-20(31)10-11-21(24(19)16-4-2-1-3-5-16)37(35,36)23-15-28-26(34)30-23/h1-11,15H,12-14H2,(H,29,32). The summed E-state index contributed by atoms with van der Waals surface area (Å²) < 4.78 is 26.9. The van der Waals surface area contributed by atoms with Crippen LogP contribution in [0.25, 0.3) is 11.1 Å². The van der Waals surface area contributed by atoms with Crippen molar-refractivity contribution in [1.29, 1.82) is 0 Å². The summed E-state index contributed by atoms with van der Waals surface area (Å²) in [7, 11) is -4.15. The van der Waals surface area contributed by atoms with Gasteiger partial charge < -0.3 is 10.2 Å².